The summed E-state index contributed by atoms with van der Waals surface area (Å²) in [5.74, 6) is 0. The average molecular weight is 327 g/mol. The van der Waals surface area contributed by atoms with Crippen molar-refractivity contribution < 1.29 is 23.1 Å². The van der Waals surface area contributed by atoms with Gasteiger partial charge < -0.3 is 14.4 Å². The molecule has 1 atom stereocenters. The summed E-state index contributed by atoms with van der Waals surface area (Å²) in [6.07, 6.45) is 0.552. The lowest BCUT2D eigenvalue weighted by molar-refractivity contribution is -0.137. The molecule has 2 aromatic rings. The lowest BCUT2D eigenvalue weighted by Gasteiger charge is -2.33. The molecule has 0 aliphatic carbocycles. The number of hydrogen-bond acceptors (Lipinski definition) is 2. The van der Waals surface area contributed by atoms with E-state index in [-0.39, 0.29) is 11.7 Å². The Morgan fingerprint density at radius 2 is 2.17 bits per heavy atom. The summed E-state index contributed by atoms with van der Waals surface area (Å²) in [5.41, 5.74) is 0.0713. The third-order valence-electron chi connectivity index (χ3n) is 4.16. The van der Waals surface area contributed by atoms with Gasteiger partial charge in [-0.25, -0.2) is 9.78 Å². The predicted octanol–water partition coefficient (Wildman–Crippen LogP) is 3.43. The number of nitrogens with zero attached hydrogens (tertiary/aromatic N) is 3. The van der Waals surface area contributed by atoms with Gasteiger partial charge in [0.15, 0.2) is 0 Å². The Morgan fingerprint density at radius 1 is 1.39 bits per heavy atom. The van der Waals surface area contributed by atoms with Gasteiger partial charge in [0.2, 0.25) is 0 Å². The molecular weight excluding hydrogens is 311 g/mol. The van der Waals surface area contributed by atoms with Crippen molar-refractivity contribution in [2.45, 2.75) is 37.9 Å². The summed E-state index contributed by atoms with van der Waals surface area (Å²) in [7, 11) is 0. The molecule has 0 saturated carbocycles. The van der Waals surface area contributed by atoms with Gasteiger partial charge in [-0.15, -0.1) is 0 Å². The monoisotopic (exact) mass is 327 g/mol. The minimum absolute atomic E-state index is 0.173. The molecular formula is C15H16F3N3O2. The Hall–Kier alpha value is -2.25. The van der Waals surface area contributed by atoms with E-state index in [1.807, 2.05) is 0 Å². The summed E-state index contributed by atoms with van der Waals surface area (Å²) in [6, 6.07) is 1.83. The van der Waals surface area contributed by atoms with E-state index in [2.05, 4.69) is 4.98 Å². The molecule has 5 nitrogen and oxygen atoms in total. The van der Waals surface area contributed by atoms with E-state index in [4.69, 9.17) is 0 Å². The zero-order chi connectivity index (χ0) is 16.6. The topological polar surface area (TPSA) is 57.8 Å². The Kier molecular flexibility index (Phi) is 3.91. The number of hydrogen-bond donors (Lipinski definition) is 1. The smallest absolute Gasteiger partial charge is 0.416 e. The largest absolute Gasteiger partial charge is 0.465 e. The number of piperidine rings is 1. The summed E-state index contributed by atoms with van der Waals surface area (Å²) >= 11 is 0. The van der Waals surface area contributed by atoms with Crippen LogP contribution in [0.1, 0.15) is 30.5 Å². The van der Waals surface area contributed by atoms with E-state index < -0.39 is 17.8 Å². The van der Waals surface area contributed by atoms with Crippen molar-refractivity contribution in [3.63, 3.8) is 0 Å². The number of pyridine rings is 1. The summed E-state index contributed by atoms with van der Waals surface area (Å²) in [6.45, 7) is 0.492. The van der Waals surface area contributed by atoms with Gasteiger partial charge in [0.05, 0.1) is 11.3 Å². The molecule has 0 unspecified atom stereocenters. The van der Waals surface area contributed by atoms with E-state index in [1.54, 1.807) is 6.20 Å². The number of aromatic nitrogens is 2. The highest BCUT2D eigenvalue weighted by Gasteiger charge is 2.31. The number of likely N-dealkylation sites (tertiary alicyclic amines) is 1. The maximum Gasteiger partial charge on any atom is 0.416 e. The first kappa shape index (κ1) is 15.6. The number of rotatable bonds is 2. The molecule has 0 radical (unpaired) electrons. The van der Waals surface area contributed by atoms with Gasteiger partial charge in [-0.2, -0.15) is 13.2 Å². The zero-order valence-corrected chi connectivity index (χ0v) is 12.3. The maximum atomic E-state index is 12.7. The first-order valence-corrected chi connectivity index (χ1v) is 7.39. The first-order valence-electron chi connectivity index (χ1n) is 7.39. The molecule has 3 heterocycles. The molecule has 0 spiro atoms. The first-order chi connectivity index (χ1) is 10.8. The molecule has 1 aliphatic heterocycles. The second kappa shape index (κ2) is 5.75. The second-order valence-corrected chi connectivity index (χ2v) is 5.74. The van der Waals surface area contributed by atoms with Gasteiger partial charge in [0.1, 0.15) is 5.65 Å². The van der Waals surface area contributed by atoms with Crippen LogP contribution in [0.15, 0.2) is 24.5 Å². The van der Waals surface area contributed by atoms with E-state index in [1.165, 1.54) is 15.5 Å². The molecule has 1 saturated heterocycles. The summed E-state index contributed by atoms with van der Waals surface area (Å²) < 4.78 is 39.7. The van der Waals surface area contributed by atoms with Gasteiger partial charge in [-0.3, -0.25) is 0 Å². The second-order valence-electron chi connectivity index (χ2n) is 5.74. The van der Waals surface area contributed by atoms with Crippen molar-refractivity contribution >= 4 is 11.7 Å². The maximum absolute atomic E-state index is 12.7. The number of carbonyl (C=O) groups is 1. The molecule has 0 bridgehead atoms. The van der Waals surface area contributed by atoms with Crippen LogP contribution in [0.25, 0.3) is 5.65 Å². The van der Waals surface area contributed by atoms with Gasteiger partial charge in [-0.1, -0.05) is 0 Å². The van der Waals surface area contributed by atoms with E-state index >= 15 is 0 Å². The quantitative estimate of drug-likeness (QED) is 0.919. The van der Waals surface area contributed by atoms with E-state index in [9.17, 15) is 23.1 Å². The molecule has 8 heteroatoms. The minimum Gasteiger partial charge on any atom is -0.465 e. The number of amides is 1. The van der Waals surface area contributed by atoms with E-state index in [0.717, 1.165) is 31.4 Å². The normalized spacial score (nSPS) is 19.3. The fourth-order valence-corrected chi connectivity index (χ4v) is 3.02. The van der Waals surface area contributed by atoms with Gasteiger partial charge >= 0.3 is 12.3 Å². The SMILES string of the molecule is O=C(O)N1CCCC[C@H]1Cc1cn2ccc(C(F)(F)F)cc2n1. The molecule has 1 aliphatic rings. The van der Waals surface area contributed by atoms with Crippen LogP contribution in [0.2, 0.25) is 0 Å². The van der Waals surface area contributed by atoms with Crippen molar-refractivity contribution in [3.8, 4) is 0 Å². The van der Waals surface area contributed by atoms with Crippen LogP contribution in [0.4, 0.5) is 18.0 Å². The third-order valence-corrected chi connectivity index (χ3v) is 4.16. The highest BCUT2D eigenvalue weighted by molar-refractivity contribution is 5.65. The number of imidazole rings is 1. The fraction of sp³-hybridized carbons (Fsp3) is 0.467. The lowest BCUT2D eigenvalue weighted by atomic mass is 9.99. The van der Waals surface area contributed by atoms with Crippen LogP contribution >= 0.6 is 0 Å². The molecule has 0 aromatic carbocycles. The van der Waals surface area contributed by atoms with Crippen LogP contribution in [0, 0.1) is 0 Å². The molecule has 3 rings (SSSR count). The Bertz CT molecular complexity index is 726. The predicted molar refractivity (Wildman–Crippen MR) is 76.3 cm³/mol. The van der Waals surface area contributed by atoms with Crippen molar-refractivity contribution in [2.75, 3.05) is 6.54 Å². The van der Waals surface area contributed by atoms with Crippen LogP contribution in [0.5, 0.6) is 0 Å². The van der Waals surface area contributed by atoms with Crippen LogP contribution < -0.4 is 0 Å². The summed E-state index contributed by atoms with van der Waals surface area (Å²) in [5, 5.41) is 9.23. The molecule has 2 aromatic heterocycles. The highest BCUT2D eigenvalue weighted by Crippen LogP contribution is 2.30. The third kappa shape index (κ3) is 3.25. The minimum atomic E-state index is -4.41. The van der Waals surface area contributed by atoms with Crippen LogP contribution in [0.3, 0.4) is 0 Å². The van der Waals surface area contributed by atoms with Gasteiger partial charge in [0, 0.05) is 31.4 Å². The van der Waals surface area contributed by atoms with Gasteiger partial charge in [-0.05, 0) is 31.4 Å². The number of halogens is 3. The van der Waals surface area contributed by atoms with Crippen LogP contribution in [-0.4, -0.2) is 38.1 Å². The van der Waals surface area contributed by atoms with Gasteiger partial charge in [0.25, 0.3) is 0 Å². The van der Waals surface area contributed by atoms with Crippen molar-refractivity contribution in [1.29, 1.82) is 0 Å². The zero-order valence-electron chi connectivity index (χ0n) is 12.3. The van der Waals surface area contributed by atoms with E-state index in [0.29, 0.717) is 18.7 Å². The number of fused-ring (bicyclic) bond motifs is 1. The standard InChI is InChI=1S/C15H16F3N3O2/c16-15(17,18)10-4-6-20-9-11(19-13(20)7-10)8-12-3-1-2-5-21(12)14(22)23/h4,6-7,9,12H,1-3,5,8H2,(H,22,23)/t12-/m0/s1. The summed E-state index contributed by atoms with van der Waals surface area (Å²) in [4.78, 5) is 16.9. The Balaban J connectivity index is 1.84. The lowest BCUT2D eigenvalue weighted by Crippen LogP contribution is -2.44. The van der Waals surface area contributed by atoms with Crippen LogP contribution in [-0.2, 0) is 12.6 Å². The Labute approximate surface area is 130 Å². The Morgan fingerprint density at radius 3 is 2.87 bits per heavy atom. The molecule has 1 amide bonds. The molecule has 23 heavy (non-hydrogen) atoms. The number of carboxylic acid groups (broad SMARTS) is 1. The molecule has 1 fully saturated rings. The average Bonchev–Trinajstić information content (AvgIpc) is 2.87. The van der Waals surface area contributed by atoms with Crippen molar-refractivity contribution in [1.82, 2.24) is 14.3 Å². The van der Waals surface area contributed by atoms with Crippen molar-refractivity contribution in [2.24, 2.45) is 0 Å². The molecule has 124 valence electrons. The number of alkyl halides is 3. The highest BCUT2D eigenvalue weighted by atomic mass is 19.4. The fourth-order valence-electron chi connectivity index (χ4n) is 3.02. The van der Waals surface area contributed by atoms with Crippen molar-refractivity contribution in [3.05, 3.63) is 35.8 Å². The molecule has 1 N–H and O–H groups in total.